The van der Waals surface area contributed by atoms with Crippen molar-refractivity contribution in [1.82, 2.24) is 0 Å². The maximum Gasteiger partial charge on any atom is 0.126 e. The Labute approximate surface area is 81.6 Å². The van der Waals surface area contributed by atoms with Gasteiger partial charge in [0.25, 0.3) is 0 Å². The highest BCUT2D eigenvalue weighted by Gasteiger charge is 2.18. The summed E-state index contributed by atoms with van der Waals surface area (Å²) >= 11 is 0. The van der Waals surface area contributed by atoms with Gasteiger partial charge in [-0.2, -0.15) is 0 Å². The first-order valence-electron chi connectivity index (χ1n) is 4.51. The van der Waals surface area contributed by atoms with Crippen LogP contribution in [0.5, 0.6) is 0 Å². The summed E-state index contributed by atoms with van der Waals surface area (Å²) in [7, 11) is 0. The van der Waals surface area contributed by atoms with Crippen LogP contribution in [0.3, 0.4) is 0 Å². The molecule has 2 rings (SSSR count). The first-order chi connectivity index (χ1) is 6.75. The highest BCUT2D eigenvalue weighted by molar-refractivity contribution is 5.20. The maximum absolute atomic E-state index is 12.6. The minimum Gasteiger partial charge on any atom is -0.493 e. The van der Waals surface area contributed by atoms with E-state index in [1.54, 1.807) is 18.2 Å². The highest BCUT2D eigenvalue weighted by atomic mass is 19.1. The normalized spacial score (nSPS) is 25.9. The molecular formula is C11H11FO2. The van der Waals surface area contributed by atoms with Crippen molar-refractivity contribution in [2.24, 2.45) is 0 Å². The van der Waals surface area contributed by atoms with Crippen LogP contribution in [0.15, 0.2) is 36.6 Å². The van der Waals surface area contributed by atoms with Crippen molar-refractivity contribution in [3.63, 3.8) is 0 Å². The molecule has 74 valence electrons. The van der Waals surface area contributed by atoms with Crippen LogP contribution in [0.1, 0.15) is 18.1 Å². The molecule has 0 saturated carbocycles. The zero-order chi connectivity index (χ0) is 9.97. The van der Waals surface area contributed by atoms with E-state index in [0.29, 0.717) is 6.42 Å². The number of rotatable bonds is 1. The predicted octanol–water partition coefficient (Wildman–Crippen LogP) is 2.16. The quantitative estimate of drug-likeness (QED) is 0.742. The summed E-state index contributed by atoms with van der Waals surface area (Å²) in [4.78, 5) is 0. The number of benzene rings is 1. The molecule has 1 aliphatic heterocycles. The fraction of sp³-hybridized carbons (Fsp3) is 0.273. The van der Waals surface area contributed by atoms with Crippen LogP contribution >= 0.6 is 0 Å². The summed E-state index contributed by atoms with van der Waals surface area (Å²) in [5.41, 5.74) is 0.884. The van der Waals surface area contributed by atoms with Gasteiger partial charge in [0.1, 0.15) is 11.9 Å². The Morgan fingerprint density at radius 2 is 2.00 bits per heavy atom. The molecule has 0 saturated heterocycles. The van der Waals surface area contributed by atoms with Crippen molar-refractivity contribution in [3.8, 4) is 0 Å². The fourth-order valence-electron chi connectivity index (χ4n) is 1.48. The van der Waals surface area contributed by atoms with Crippen molar-refractivity contribution >= 4 is 0 Å². The summed E-state index contributed by atoms with van der Waals surface area (Å²) in [6, 6.07) is 6.13. The molecule has 1 N–H and O–H groups in total. The van der Waals surface area contributed by atoms with Gasteiger partial charge < -0.3 is 9.84 Å². The van der Waals surface area contributed by atoms with Gasteiger partial charge in [0.05, 0.1) is 12.4 Å². The number of hydrogen-bond donors (Lipinski definition) is 1. The molecule has 2 atom stereocenters. The van der Waals surface area contributed by atoms with Crippen LogP contribution < -0.4 is 0 Å². The Morgan fingerprint density at radius 3 is 2.64 bits per heavy atom. The SMILES string of the molecule is OC1C=CO[C@@H](c2ccc(F)cc2)C1. The number of halogens is 1. The largest absolute Gasteiger partial charge is 0.493 e. The van der Waals surface area contributed by atoms with Gasteiger partial charge in [0.15, 0.2) is 0 Å². The summed E-state index contributed by atoms with van der Waals surface area (Å²) < 4.78 is 17.9. The molecule has 0 aliphatic carbocycles. The van der Waals surface area contributed by atoms with E-state index in [4.69, 9.17) is 4.74 Å². The number of hydrogen-bond acceptors (Lipinski definition) is 2. The van der Waals surface area contributed by atoms with Crippen LogP contribution in [0.25, 0.3) is 0 Å². The summed E-state index contributed by atoms with van der Waals surface area (Å²) in [6.07, 6.45) is 2.96. The van der Waals surface area contributed by atoms with Gasteiger partial charge in [-0.25, -0.2) is 4.39 Å². The van der Waals surface area contributed by atoms with Gasteiger partial charge in [0.2, 0.25) is 0 Å². The zero-order valence-corrected chi connectivity index (χ0v) is 7.56. The lowest BCUT2D eigenvalue weighted by Crippen LogP contribution is -2.15. The van der Waals surface area contributed by atoms with Gasteiger partial charge in [-0.1, -0.05) is 12.1 Å². The van der Waals surface area contributed by atoms with Gasteiger partial charge in [-0.3, -0.25) is 0 Å². The molecule has 0 aromatic heterocycles. The minimum atomic E-state index is -0.473. The molecule has 0 radical (unpaired) electrons. The molecule has 0 amide bonds. The monoisotopic (exact) mass is 194 g/mol. The smallest absolute Gasteiger partial charge is 0.126 e. The lowest BCUT2D eigenvalue weighted by Gasteiger charge is -2.22. The zero-order valence-electron chi connectivity index (χ0n) is 7.56. The molecule has 1 aromatic rings. The molecule has 0 bridgehead atoms. The van der Waals surface area contributed by atoms with Crippen LogP contribution in [-0.4, -0.2) is 11.2 Å². The Morgan fingerprint density at radius 1 is 1.29 bits per heavy atom. The first kappa shape index (κ1) is 9.21. The minimum absolute atomic E-state index is 0.171. The molecule has 1 unspecified atom stereocenters. The van der Waals surface area contributed by atoms with Gasteiger partial charge in [-0.15, -0.1) is 0 Å². The van der Waals surface area contributed by atoms with Gasteiger partial charge in [0, 0.05) is 6.42 Å². The van der Waals surface area contributed by atoms with Gasteiger partial charge >= 0.3 is 0 Å². The Hall–Kier alpha value is -1.35. The first-order valence-corrected chi connectivity index (χ1v) is 4.51. The number of ether oxygens (including phenoxy) is 1. The average molecular weight is 194 g/mol. The van der Waals surface area contributed by atoms with E-state index in [9.17, 15) is 9.50 Å². The molecule has 0 fully saturated rings. The van der Waals surface area contributed by atoms with Gasteiger partial charge in [-0.05, 0) is 23.8 Å². The third-order valence-corrected chi connectivity index (χ3v) is 2.24. The second kappa shape index (κ2) is 3.80. The maximum atomic E-state index is 12.6. The van der Waals surface area contributed by atoms with Crippen LogP contribution in [0.2, 0.25) is 0 Å². The number of aliphatic hydroxyl groups excluding tert-OH is 1. The lowest BCUT2D eigenvalue weighted by molar-refractivity contribution is 0.0641. The topological polar surface area (TPSA) is 29.5 Å². The Balaban J connectivity index is 2.15. The fourth-order valence-corrected chi connectivity index (χ4v) is 1.48. The van der Waals surface area contributed by atoms with Crippen molar-refractivity contribution in [3.05, 3.63) is 48.0 Å². The van der Waals surface area contributed by atoms with Crippen LogP contribution in [0, 0.1) is 5.82 Å². The lowest BCUT2D eigenvalue weighted by atomic mass is 10.0. The second-order valence-corrected chi connectivity index (χ2v) is 3.31. The molecule has 3 heteroatoms. The standard InChI is InChI=1S/C11H11FO2/c12-9-3-1-8(2-4-9)11-7-10(13)5-6-14-11/h1-6,10-11,13H,7H2/t10?,11-/m1/s1. The molecule has 14 heavy (non-hydrogen) atoms. The van der Waals surface area contributed by atoms with E-state index in [1.807, 2.05) is 0 Å². The molecule has 2 nitrogen and oxygen atoms in total. The Bertz CT molecular complexity index is 332. The summed E-state index contributed by atoms with van der Waals surface area (Å²) in [5.74, 6) is -0.263. The van der Waals surface area contributed by atoms with E-state index in [0.717, 1.165) is 5.56 Å². The molecule has 0 spiro atoms. The summed E-state index contributed by atoms with van der Waals surface area (Å²) in [5, 5.41) is 9.35. The van der Waals surface area contributed by atoms with E-state index in [1.165, 1.54) is 18.4 Å². The van der Waals surface area contributed by atoms with Crippen molar-refractivity contribution in [2.75, 3.05) is 0 Å². The van der Waals surface area contributed by atoms with Crippen molar-refractivity contribution < 1.29 is 14.2 Å². The molecule has 1 aliphatic rings. The van der Waals surface area contributed by atoms with Crippen molar-refractivity contribution in [1.29, 1.82) is 0 Å². The van der Waals surface area contributed by atoms with E-state index >= 15 is 0 Å². The average Bonchev–Trinajstić information content (AvgIpc) is 2.19. The highest BCUT2D eigenvalue weighted by Crippen LogP contribution is 2.26. The van der Waals surface area contributed by atoms with E-state index < -0.39 is 6.10 Å². The molecule has 1 heterocycles. The molecule has 1 aromatic carbocycles. The third-order valence-electron chi connectivity index (χ3n) is 2.24. The number of aliphatic hydroxyl groups is 1. The van der Waals surface area contributed by atoms with Crippen LogP contribution in [0.4, 0.5) is 4.39 Å². The third kappa shape index (κ3) is 1.93. The molecular weight excluding hydrogens is 183 g/mol. The van der Waals surface area contributed by atoms with E-state index in [-0.39, 0.29) is 11.9 Å². The summed E-state index contributed by atoms with van der Waals surface area (Å²) in [6.45, 7) is 0. The van der Waals surface area contributed by atoms with Crippen LogP contribution in [-0.2, 0) is 4.74 Å². The predicted molar refractivity (Wildman–Crippen MR) is 50.0 cm³/mol. The van der Waals surface area contributed by atoms with Crippen molar-refractivity contribution in [2.45, 2.75) is 18.6 Å². The second-order valence-electron chi connectivity index (χ2n) is 3.31. The van der Waals surface area contributed by atoms with E-state index in [2.05, 4.69) is 0 Å². The Kier molecular flexibility index (Phi) is 2.50.